The third kappa shape index (κ3) is 5.94. The standard InChI is InChI=1S/C18H28N4O3/c1-22(2)17(23)13-20-18(19-10-6-11-24-3)21-15-9-12-25-16-8-5-4-7-14(15)16/h4-5,7-8,15H,6,9-13H2,1-3H3,(H2,19,20,21). The van der Waals surface area contributed by atoms with E-state index in [4.69, 9.17) is 9.47 Å². The molecule has 0 radical (unpaired) electrons. The van der Waals surface area contributed by atoms with Gasteiger partial charge in [0.25, 0.3) is 0 Å². The van der Waals surface area contributed by atoms with Crippen molar-refractivity contribution in [2.24, 2.45) is 4.99 Å². The molecule has 7 heteroatoms. The number of fused-ring (bicyclic) bond motifs is 1. The minimum atomic E-state index is -0.0367. The van der Waals surface area contributed by atoms with Crippen molar-refractivity contribution < 1.29 is 14.3 Å². The van der Waals surface area contributed by atoms with E-state index >= 15 is 0 Å². The van der Waals surface area contributed by atoms with Gasteiger partial charge in [0.05, 0.1) is 12.6 Å². The van der Waals surface area contributed by atoms with Gasteiger partial charge in [-0.2, -0.15) is 0 Å². The molecular formula is C18H28N4O3. The SMILES string of the molecule is COCCCNC(=NCC(=O)N(C)C)NC1CCOc2ccccc21. The second kappa shape index (κ2) is 9.88. The molecule has 1 atom stereocenters. The molecule has 25 heavy (non-hydrogen) atoms. The van der Waals surface area contributed by atoms with Crippen molar-refractivity contribution in [1.29, 1.82) is 0 Å². The number of rotatable bonds is 7. The number of hydrogen-bond acceptors (Lipinski definition) is 4. The van der Waals surface area contributed by atoms with Crippen LogP contribution in [0.3, 0.4) is 0 Å². The highest BCUT2D eigenvalue weighted by molar-refractivity contribution is 5.85. The molecule has 0 bridgehead atoms. The molecule has 1 unspecified atom stereocenters. The molecule has 0 aliphatic carbocycles. The van der Waals surface area contributed by atoms with Crippen LogP contribution in [0.4, 0.5) is 0 Å². The average molecular weight is 348 g/mol. The Labute approximate surface area is 149 Å². The summed E-state index contributed by atoms with van der Waals surface area (Å²) in [5, 5.41) is 6.70. The molecule has 0 saturated heterocycles. The Morgan fingerprint density at radius 1 is 1.40 bits per heavy atom. The minimum Gasteiger partial charge on any atom is -0.493 e. The molecule has 0 aromatic heterocycles. The molecular weight excluding hydrogens is 320 g/mol. The summed E-state index contributed by atoms with van der Waals surface area (Å²) in [6.07, 6.45) is 1.71. The van der Waals surface area contributed by atoms with Crippen molar-refractivity contribution in [3.63, 3.8) is 0 Å². The van der Waals surface area contributed by atoms with Crippen LogP contribution in [0.25, 0.3) is 0 Å². The minimum absolute atomic E-state index is 0.0367. The topological polar surface area (TPSA) is 75.2 Å². The van der Waals surface area contributed by atoms with E-state index in [-0.39, 0.29) is 18.5 Å². The van der Waals surface area contributed by atoms with E-state index in [0.29, 0.717) is 19.2 Å². The number of nitrogens with one attached hydrogen (secondary N) is 2. The maximum Gasteiger partial charge on any atom is 0.243 e. The van der Waals surface area contributed by atoms with E-state index in [9.17, 15) is 4.79 Å². The van der Waals surface area contributed by atoms with Gasteiger partial charge in [0.15, 0.2) is 5.96 Å². The number of amides is 1. The predicted molar refractivity (Wildman–Crippen MR) is 97.9 cm³/mol. The van der Waals surface area contributed by atoms with Gasteiger partial charge in [-0.25, -0.2) is 4.99 Å². The van der Waals surface area contributed by atoms with E-state index in [2.05, 4.69) is 21.7 Å². The molecule has 2 N–H and O–H groups in total. The largest absolute Gasteiger partial charge is 0.493 e. The van der Waals surface area contributed by atoms with Crippen molar-refractivity contribution in [3.05, 3.63) is 29.8 Å². The first kappa shape index (κ1) is 19.1. The lowest BCUT2D eigenvalue weighted by molar-refractivity contribution is -0.127. The van der Waals surface area contributed by atoms with Crippen LogP contribution in [-0.2, 0) is 9.53 Å². The van der Waals surface area contributed by atoms with Gasteiger partial charge in [-0.05, 0) is 12.5 Å². The molecule has 0 spiro atoms. The number of carbonyl (C=O) groups excluding carboxylic acids is 1. The number of benzene rings is 1. The third-order valence-electron chi connectivity index (χ3n) is 3.96. The Hall–Kier alpha value is -2.28. The highest BCUT2D eigenvalue weighted by Crippen LogP contribution is 2.31. The maximum absolute atomic E-state index is 11.8. The van der Waals surface area contributed by atoms with Crippen LogP contribution in [0.2, 0.25) is 0 Å². The average Bonchev–Trinajstić information content (AvgIpc) is 2.62. The fourth-order valence-corrected chi connectivity index (χ4v) is 2.52. The van der Waals surface area contributed by atoms with Gasteiger partial charge >= 0.3 is 0 Å². The quantitative estimate of drug-likeness (QED) is 0.440. The molecule has 1 aromatic rings. The van der Waals surface area contributed by atoms with E-state index in [1.165, 1.54) is 4.90 Å². The van der Waals surface area contributed by atoms with Crippen LogP contribution in [0.15, 0.2) is 29.3 Å². The van der Waals surface area contributed by atoms with Gasteiger partial charge in [0, 0.05) is 46.3 Å². The second-order valence-corrected chi connectivity index (χ2v) is 6.10. The van der Waals surface area contributed by atoms with Crippen LogP contribution in [0.1, 0.15) is 24.4 Å². The Balaban J connectivity index is 2.04. The highest BCUT2D eigenvalue weighted by Gasteiger charge is 2.22. The first-order valence-electron chi connectivity index (χ1n) is 8.57. The van der Waals surface area contributed by atoms with Crippen molar-refractivity contribution >= 4 is 11.9 Å². The molecule has 2 rings (SSSR count). The zero-order valence-corrected chi connectivity index (χ0v) is 15.2. The highest BCUT2D eigenvalue weighted by atomic mass is 16.5. The summed E-state index contributed by atoms with van der Waals surface area (Å²) >= 11 is 0. The Kier molecular flexibility index (Phi) is 7.53. The van der Waals surface area contributed by atoms with E-state index in [1.54, 1.807) is 21.2 Å². The van der Waals surface area contributed by atoms with Crippen molar-refractivity contribution in [2.75, 3.05) is 47.5 Å². The van der Waals surface area contributed by atoms with Crippen molar-refractivity contribution in [3.8, 4) is 5.75 Å². The van der Waals surface area contributed by atoms with Crippen LogP contribution in [-0.4, -0.2) is 64.3 Å². The number of para-hydroxylation sites is 1. The third-order valence-corrected chi connectivity index (χ3v) is 3.96. The first-order valence-corrected chi connectivity index (χ1v) is 8.57. The van der Waals surface area contributed by atoms with Gasteiger partial charge in [0.1, 0.15) is 12.3 Å². The summed E-state index contributed by atoms with van der Waals surface area (Å²) in [5.74, 6) is 1.49. The molecule has 1 aliphatic heterocycles. The van der Waals surface area contributed by atoms with E-state index in [0.717, 1.165) is 30.7 Å². The summed E-state index contributed by atoms with van der Waals surface area (Å²) in [4.78, 5) is 17.8. The van der Waals surface area contributed by atoms with Gasteiger partial charge < -0.3 is 25.0 Å². The lowest BCUT2D eigenvalue weighted by Crippen LogP contribution is -2.42. The zero-order valence-electron chi connectivity index (χ0n) is 15.2. The number of aliphatic imine (C=N–C) groups is 1. The summed E-state index contributed by atoms with van der Waals surface area (Å²) in [6, 6.07) is 8.10. The molecule has 7 nitrogen and oxygen atoms in total. The van der Waals surface area contributed by atoms with Gasteiger partial charge in [-0.1, -0.05) is 18.2 Å². The molecule has 0 fully saturated rings. The van der Waals surface area contributed by atoms with Crippen molar-refractivity contribution in [2.45, 2.75) is 18.9 Å². The molecule has 1 aliphatic rings. The van der Waals surface area contributed by atoms with Crippen LogP contribution in [0.5, 0.6) is 5.75 Å². The zero-order chi connectivity index (χ0) is 18.1. The number of guanidine groups is 1. The number of hydrogen-bond donors (Lipinski definition) is 2. The van der Waals surface area contributed by atoms with Gasteiger partial charge in [0.2, 0.25) is 5.91 Å². The maximum atomic E-state index is 11.8. The summed E-state index contributed by atoms with van der Waals surface area (Å²) in [6.45, 7) is 2.16. The summed E-state index contributed by atoms with van der Waals surface area (Å²) < 4.78 is 10.8. The molecule has 138 valence electrons. The number of methoxy groups -OCH3 is 1. The van der Waals surface area contributed by atoms with Crippen LogP contribution < -0.4 is 15.4 Å². The smallest absolute Gasteiger partial charge is 0.243 e. The Morgan fingerprint density at radius 2 is 2.20 bits per heavy atom. The lowest BCUT2D eigenvalue weighted by atomic mass is 10.0. The molecule has 1 heterocycles. The first-order chi connectivity index (χ1) is 12.1. The fraction of sp³-hybridized carbons (Fsp3) is 0.556. The summed E-state index contributed by atoms with van der Waals surface area (Å²) in [7, 11) is 5.14. The summed E-state index contributed by atoms with van der Waals surface area (Å²) in [5.41, 5.74) is 1.11. The normalized spacial score (nSPS) is 16.6. The molecule has 1 amide bonds. The van der Waals surface area contributed by atoms with Gasteiger partial charge in [-0.3, -0.25) is 4.79 Å². The van der Waals surface area contributed by atoms with E-state index in [1.807, 2.05) is 18.2 Å². The van der Waals surface area contributed by atoms with Crippen molar-refractivity contribution in [1.82, 2.24) is 15.5 Å². The Bertz CT molecular complexity index is 589. The van der Waals surface area contributed by atoms with Crippen LogP contribution >= 0.6 is 0 Å². The molecule has 1 aromatic carbocycles. The number of nitrogens with zero attached hydrogens (tertiary/aromatic N) is 2. The number of ether oxygens (including phenoxy) is 2. The monoisotopic (exact) mass is 348 g/mol. The molecule has 0 saturated carbocycles. The second-order valence-electron chi connectivity index (χ2n) is 6.10. The van der Waals surface area contributed by atoms with Gasteiger partial charge in [-0.15, -0.1) is 0 Å². The number of likely N-dealkylation sites (N-methyl/N-ethyl adjacent to an activating group) is 1. The Morgan fingerprint density at radius 3 is 2.96 bits per heavy atom. The van der Waals surface area contributed by atoms with E-state index < -0.39 is 0 Å². The lowest BCUT2D eigenvalue weighted by Gasteiger charge is -2.28. The fourth-order valence-electron chi connectivity index (χ4n) is 2.52. The number of carbonyl (C=O) groups is 1. The predicted octanol–water partition coefficient (Wildman–Crippen LogP) is 1.17. The van der Waals surface area contributed by atoms with Crippen LogP contribution in [0, 0.1) is 0 Å².